The molecule has 0 spiro atoms. The predicted molar refractivity (Wildman–Crippen MR) is 69.0 cm³/mol. The molecule has 1 aromatic rings. The van der Waals surface area contributed by atoms with Crippen molar-refractivity contribution in [2.45, 2.75) is 18.9 Å². The zero-order valence-corrected chi connectivity index (χ0v) is 10.9. The molecule has 7 nitrogen and oxygen atoms in total. The minimum absolute atomic E-state index is 0.143. The van der Waals surface area contributed by atoms with E-state index in [1.807, 2.05) is 0 Å². The van der Waals surface area contributed by atoms with Crippen molar-refractivity contribution in [3.05, 3.63) is 39.9 Å². The molecule has 1 aromatic carbocycles. The second-order valence-electron chi connectivity index (χ2n) is 4.75. The lowest BCUT2D eigenvalue weighted by Crippen LogP contribution is -2.43. The summed E-state index contributed by atoms with van der Waals surface area (Å²) in [6.07, 6.45) is 0.333. The average Bonchev–Trinajstić information content (AvgIpc) is 2.41. The van der Waals surface area contributed by atoms with E-state index >= 15 is 0 Å². The number of aliphatic carboxylic acids is 1. The highest BCUT2D eigenvalue weighted by Gasteiger charge is 2.41. The zero-order valence-electron chi connectivity index (χ0n) is 10.9. The number of nitro groups is 1. The third-order valence-corrected chi connectivity index (χ3v) is 3.63. The van der Waals surface area contributed by atoms with E-state index in [0.29, 0.717) is 0 Å². The number of carbonyl (C=O) groups is 2. The minimum Gasteiger partial charge on any atom is -0.481 e. The highest BCUT2D eigenvalue weighted by molar-refractivity contribution is 5.82. The molecule has 106 valence electrons. The third-order valence-electron chi connectivity index (χ3n) is 3.63. The van der Waals surface area contributed by atoms with Crippen molar-refractivity contribution >= 4 is 17.6 Å². The zero-order chi connectivity index (χ0) is 14.9. The van der Waals surface area contributed by atoms with E-state index in [0.717, 1.165) is 0 Å². The van der Waals surface area contributed by atoms with Gasteiger partial charge in [0.05, 0.1) is 22.4 Å². The fourth-order valence-corrected chi connectivity index (χ4v) is 2.63. The van der Waals surface area contributed by atoms with E-state index in [4.69, 9.17) is 0 Å². The van der Waals surface area contributed by atoms with Gasteiger partial charge in [0.15, 0.2) is 0 Å². The molecule has 20 heavy (non-hydrogen) atoms. The van der Waals surface area contributed by atoms with Crippen LogP contribution in [-0.4, -0.2) is 33.9 Å². The van der Waals surface area contributed by atoms with Gasteiger partial charge in [0, 0.05) is 19.5 Å². The predicted octanol–water partition coefficient (Wildman–Crippen LogP) is 1.59. The standard InChI is InChI=1S/C13H14N2O5/c1-14-11(16)7-6-9(13(17)18)12(14)8-4-2-3-5-10(8)15(19)20/h2-5,9,12H,6-7H2,1H3,(H,17,18). The maximum atomic E-state index is 11.8. The molecule has 2 unspecified atom stereocenters. The second kappa shape index (κ2) is 5.28. The van der Waals surface area contributed by atoms with Gasteiger partial charge >= 0.3 is 5.97 Å². The molecular weight excluding hydrogens is 264 g/mol. The SMILES string of the molecule is CN1C(=O)CCC(C(=O)O)C1c1ccccc1[N+](=O)[O-]. The van der Waals surface area contributed by atoms with E-state index in [9.17, 15) is 24.8 Å². The molecule has 0 bridgehead atoms. The number of carbonyl (C=O) groups excluding carboxylic acids is 1. The fraction of sp³-hybridized carbons (Fsp3) is 0.385. The van der Waals surface area contributed by atoms with Crippen LogP contribution < -0.4 is 0 Å². The van der Waals surface area contributed by atoms with Gasteiger partial charge in [0.1, 0.15) is 0 Å². The molecule has 1 saturated heterocycles. The van der Waals surface area contributed by atoms with Crippen LogP contribution in [0.1, 0.15) is 24.4 Å². The monoisotopic (exact) mass is 278 g/mol. The molecule has 1 N–H and O–H groups in total. The number of rotatable bonds is 3. The molecule has 2 rings (SSSR count). The maximum absolute atomic E-state index is 11.8. The number of carboxylic acids is 1. The van der Waals surface area contributed by atoms with Gasteiger partial charge in [0.2, 0.25) is 5.91 Å². The molecule has 0 saturated carbocycles. The summed E-state index contributed by atoms with van der Waals surface area (Å²) in [6, 6.07) is 5.14. The summed E-state index contributed by atoms with van der Waals surface area (Å²) in [5.74, 6) is -2.09. The van der Waals surface area contributed by atoms with Crippen LogP contribution in [-0.2, 0) is 9.59 Å². The van der Waals surface area contributed by atoms with E-state index < -0.39 is 22.9 Å². The summed E-state index contributed by atoms with van der Waals surface area (Å²) in [5.41, 5.74) is 0.103. The van der Waals surface area contributed by atoms with E-state index in [-0.39, 0.29) is 30.0 Å². The number of para-hydroxylation sites is 1. The summed E-state index contributed by atoms with van der Waals surface area (Å²) in [4.78, 5) is 35.0. The fourth-order valence-electron chi connectivity index (χ4n) is 2.63. The Labute approximate surface area is 115 Å². The molecule has 1 aliphatic heterocycles. The first kappa shape index (κ1) is 14.0. The summed E-state index contributed by atoms with van der Waals surface area (Å²) in [5, 5.41) is 20.4. The third kappa shape index (κ3) is 2.34. The molecule has 7 heteroatoms. The van der Waals surface area contributed by atoms with Gasteiger partial charge in [-0.15, -0.1) is 0 Å². The number of nitrogens with zero attached hydrogens (tertiary/aromatic N) is 2. The van der Waals surface area contributed by atoms with Gasteiger partial charge in [-0.3, -0.25) is 19.7 Å². The highest BCUT2D eigenvalue weighted by atomic mass is 16.6. The van der Waals surface area contributed by atoms with Gasteiger partial charge in [-0.1, -0.05) is 18.2 Å². The Hall–Kier alpha value is -2.44. The summed E-state index contributed by atoms with van der Waals surface area (Å²) in [6.45, 7) is 0. The molecule has 1 amide bonds. The minimum atomic E-state index is -1.05. The Bertz CT molecular complexity index is 572. The Morgan fingerprint density at radius 3 is 2.70 bits per heavy atom. The molecule has 1 heterocycles. The molecule has 2 atom stereocenters. The van der Waals surface area contributed by atoms with Crippen molar-refractivity contribution in [1.82, 2.24) is 4.90 Å². The van der Waals surface area contributed by atoms with Crippen molar-refractivity contribution < 1.29 is 19.6 Å². The number of amides is 1. The highest BCUT2D eigenvalue weighted by Crippen LogP contribution is 2.39. The Morgan fingerprint density at radius 1 is 1.45 bits per heavy atom. The number of likely N-dealkylation sites (tertiary alicyclic amines) is 1. The van der Waals surface area contributed by atoms with Gasteiger partial charge < -0.3 is 10.0 Å². The van der Waals surface area contributed by atoms with Crippen LogP contribution in [0.25, 0.3) is 0 Å². The quantitative estimate of drug-likeness (QED) is 0.668. The topological polar surface area (TPSA) is 101 Å². The largest absolute Gasteiger partial charge is 0.481 e. The first-order valence-corrected chi connectivity index (χ1v) is 6.15. The van der Waals surface area contributed by atoms with Gasteiger partial charge in [-0.2, -0.15) is 0 Å². The number of hydrogen-bond acceptors (Lipinski definition) is 4. The summed E-state index contributed by atoms with van der Waals surface area (Å²) < 4.78 is 0. The van der Waals surface area contributed by atoms with Crippen molar-refractivity contribution in [2.75, 3.05) is 7.05 Å². The number of hydrogen-bond donors (Lipinski definition) is 1. The van der Waals surface area contributed by atoms with Crippen molar-refractivity contribution in [3.8, 4) is 0 Å². The molecule has 0 radical (unpaired) electrons. The van der Waals surface area contributed by atoms with Crippen LogP contribution in [0.2, 0.25) is 0 Å². The average molecular weight is 278 g/mol. The van der Waals surface area contributed by atoms with Crippen LogP contribution in [0.5, 0.6) is 0 Å². The van der Waals surface area contributed by atoms with Crippen LogP contribution >= 0.6 is 0 Å². The molecule has 0 aliphatic carbocycles. The number of benzene rings is 1. The Kier molecular flexibility index (Phi) is 3.69. The lowest BCUT2D eigenvalue weighted by molar-refractivity contribution is -0.386. The molecule has 0 aromatic heterocycles. The molecule has 1 fully saturated rings. The first-order valence-electron chi connectivity index (χ1n) is 6.15. The van der Waals surface area contributed by atoms with Crippen LogP contribution in [0.4, 0.5) is 5.69 Å². The first-order chi connectivity index (χ1) is 9.43. The lowest BCUT2D eigenvalue weighted by atomic mass is 9.84. The summed E-state index contributed by atoms with van der Waals surface area (Å²) in [7, 11) is 1.48. The van der Waals surface area contributed by atoms with Gasteiger partial charge in [-0.25, -0.2) is 0 Å². The number of nitro benzene ring substituents is 1. The normalized spacial score (nSPS) is 22.6. The van der Waals surface area contributed by atoms with Crippen LogP contribution in [0, 0.1) is 16.0 Å². The lowest BCUT2D eigenvalue weighted by Gasteiger charge is -2.36. The van der Waals surface area contributed by atoms with Crippen molar-refractivity contribution in [3.63, 3.8) is 0 Å². The maximum Gasteiger partial charge on any atom is 0.308 e. The van der Waals surface area contributed by atoms with Crippen LogP contribution in [0.15, 0.2) is 24.3 Å². The second-order valence-corrected chi connectivity index (χ2v) is 4.75. The van der Waals surface area contributed by atoms with E-state index in [2.05, 4.69) is 0 Å². The Balaban J connectivity index is 2.53. The van der Waals surface area contributed by atoms with E-state index in [1.54, 1.807) is 6.07 Å². The van der Waals surface area contributed by atoms with Crippen molar-refractivity contribution in [1.29, 1.82) is 0 Å². The van der Waals surface area contributed by atoms with Gasteiger partial charge in [-0.05, 0) is 6.42 Å². The van der Waals surface area contributed by atoms with Crippen molar-refractivity contribution in [2.24, 2.45) is 5.92 Å². The summed E-state index contributed by atoms with van der Waals surface area (Å²) >= 11 is 0. The van der Waals surface area contributed by atoms with Crippen LogP contribution in [0.3, 0.4) is 0 Å². The number of piperidine rings is 1. The Morgan fingerprint density at radius 2 is 2.10 bits per heavy atom. The van der Waals surface area contributed by atoms with E-state index in [1.165, 1.54) is 30.1 Å². The number of carboxylic acid groups (broad SMARTS) is 1. The smallest absolute Gasteiger partial charge is 0.308 e. The molecular formula is C13H14N2O5. The van der Waals surface area contributed by atoms with Gasteiger partial charge in [0.25, 0.3) is 5.69 Å². The molecule has 1 aliphatic rings.